The van der Waals surface area contributed by atoms with Crippen LogP contribution in [0.4, 0.5) is 0 Å². The highest BCUT2D eigenvalue weighted by Gasteiger charge is 1.99. The van der Waals surface area contributed by atoms with Crippen molar-refractivity contribution in [2.45, 2.75) is 52.4 Å². The summed E-state index contributed by atoms with van der Waals surface area (Å²) in [4.78, 5) is 10.3. The van der Waals surface area contributed by atoms with Gasteiger partial charge < -0.3 is 9.84 Å². The summed E-state index contributed by atoms with van der Waals surface area (Å²) in [6.45, 7) is 5.14. The highest BCUT2D eigenvalue weighted by atomic mass is 16.5. The Bertz CT molecular complexity index is 382. The molecule has 3 nitrogen and oxygen atoms in total. The van der Waals surface area contributed by atoms with Gasteiger partial charge in [-0.15, -0.1) is 0 Å². The van der Waals surface area contributed by atoms with Crippen molar-refractivity contribution in [3.63, 3.8) is 0 Å². The fourth-order valence-electron chi connectivity index (χ4n) is 2.12. The van der Waals surface area contributed by atoms with Crippen molar-refractivity contribution in [2.24, 2.45) is 5.92 Å². The van der Waals surface area contributed by atoms with Crippen LogP contribution in [0.1, 0.15) is 51.5 Å². The fraction of sp³-hybridized carbons (Fsp3) is 0.588. The molecule has 1 aromatic carbocycles. The minimum Gasteiger partial charge on any atom is -0.494 e. The first-order valence-corrected chi connectivity index (χ1v) is 7.51. The standard InChI is InChI=1S/C17H26O3/c1-14(2)13-15-8-10-16(11-9-15)20-12-6-4-3-5-7-17(18)19/h8-11,14H,3-7,12-13H2,1-2H3,(H,18,19). The molecule has 0 atom stereocenters. The predicted octanol–water partition coefficient (Wildman–Crippen LogP) is 4.30. The normalized spacial score (nSPS) is 10.8. The summed E-state index contributed by atoms with van der Waals surface area (Å²) in [6, 6.07) is 8.31. The molecule has 112 valence electrons. The highest BCUT2D eigenvalue weighted by molar-refractivity contribution is 5.66. The third kappa shape index (κ3) is 7.82. The van der Waals surface area contributed by atoms with Gasteiger partial charge in [-0.05, 0) is 42.9 Å². The van der Waals surface area contributed by atoms with Crippen LogP contribution in [-0.4, -0.2) is 17.7 Å². The number of benzene rings is 1. The van der Waals surface area contributed by atoms with Gasteiger partial charge >= 0.3 is 5.97 Å². The topological polar surface area (TPSA) is 46.5 Å². The van der Waals surface area contributed by atoms with E-state index in [-0.39, 0.29) is 6.42 Å². The van der Waals surface area contributed by atoms with Gasteiger partial charge in [0, 0.05) is 6.42 Å². The summed E-state index contributed by atoms with van der Waals surface area (Å²) in [7, 11) is 0. The molecule has 20 heavy (non-hydrogen) atoms. The number of carbonyl (C=O) groups is 1. The van der Waals surface area contributed by atoms with E-state index in [9.17, 15) is 4.79 Å². The van der Waals surface area contributed by atoms with E-state index in [1.165, 1.54) is 5.56 Å². The molecule has 0 aromatic heterocycles. The summed E-state index contributed by atoms with van der Waals surface area (Å²) >= 11 is 0. The first kappa shape index (κ1) is 16.5. The fourth-order valence-corrected chi connectivity index (χ4v) is 2.12. The molecule has 0 bridgehead atoms. The monoisotopic (exact) mass is 278 g/mol. The second-order valence-electron chi connectivity index (χ2n) is 5.65. The Balaban J connectivity index is 2.11. The molecular formula is C17H26O3. The van der Waals surface area contributed by atoms with Crippen molar-refractivity contribution in [1.82, 2.24) is 0 Å². The van der Waals surface area contributed by atoms with Crippen molar-refractivity contribution in [1.29, 1.82) is 0 Å². The number of carboxylic acids is 1. The van der Waals surface area contributed by atoms with Gasteiger partial charge in [-0.25, -0.2) is 0 Å². The number of ether oxygens (including phenoxy) is 1. The van der Waals surface area contributed by atoms with E-state index < -0.39 is 5.97 Å². The van der Waals surface area contributed by atoms with Gasteiger partial charge in [-0.3, -0.25) is 4.79 Å². The van der Waals surface area contributed by atoms with Crippen LogP contribution in [0, 0.1) is 5.92 Å². The molecule has 0 saturated heterocycles. The van der Waals surface area contributed by atoms with Crippen LogP contribution in [0.2, 0.25) is 0 Å². The molecule has 1 N–H and O–H groups in total. The van der Waals surface area contributed by atoms with Gasteiger partial charge in [0.1, 0.15) is 5.75 Å². The summed E-state index contributed by atoms with van der Waals surface area (Å²) in [5, 5.41) is 8.52. The molecule has 1 rings (SSSR count). The molecule has 0 fully saturated rings. The van der Waals surface area contributed by atoms with Gasteiger partial charge in [0.2, 0.25) is 0 Å². The van der Waals surface area contributed by atoms with Crippen LogP contribution in [0.15, 0.2) is 24.3 Å². The van der Waals surface area contributed by atoms with Crippen LogP contribution in [-0.2, 0) is 11.2 Å². The van der Waals surface area contributed by atoms with E-state index in [0.717, 1.165) is 37.9 Å². The lowest BCUT2D eigenvalue weighted by molar-refractivity contribution is -0.137. The predicted molar refractivity (Wildman–Crippen MR) is 81.2 cm³/mol. The Morgan fingerprint density at radius 1 is 1.10 bits per heavy atom. The molecule has 0 aliphatic heterocycles. The largest absolute Gasteiger partial charge is 0.494 e. The minimum absolute atomic E-state index is 0.276. The van der Waals surface area contributed by atoms with E-state index >= 15 is 0 Å². The average molecular weight is 278 g/mol. The number of unbranched alkanes of at least 4 members (excludes halogenated alkanes) is 3. The van der Waals surface area contributed by atoms with E-state index in [2.05, 4.69) is 26.0 Å². The lowest BCUT2D eigenvalue weighted by Gasteiger charge is -2.08. The molecule has 0 aliphatic carbocycles. The van der Waals surface area contributed by atoms with Crippen molar-refractivity contribution in [3.05, 3.63) is 29.8 Å². The van der Waals surface area contributed by atoms with Crippen molar-refractivity contribution in [2.75, 3.05) is 6.61 Å². The molecule has 3 heteroatoms. The Morgan fingerprint density at radius 3 is 2.35 bits per heavy atom. The van der Waals surface area contributed by atoms with Crippen LogP contribution in [0.5, 0.6) is 5.75 Å². The Labute approximate surface area is 122 Å². The zero-order chi connectivity index (χ0) is 14.8. The summed E-state index contributed by atoms with van der Waals surface area (Å²) in [6.07, 6.45) is 5.11. The average Bonchev–Trinajstić information content (AvgIpc) is 2.38. The maximum absolute atomic E-state index is 10.3. The molecule has 0 amide bonds. The lowest BCUT2D eigenvalue weighted by atomic mass is 10.0. The van der Waals surface area contributed by atoms with Crippen LogP contribution < -0.4 is 4.74 Å². The number of hydrogen-bond acceptors (Lipinski definition) is 2. The summed E-state index contributed by atoms with van der Waals surface area (Å²) < 4.78 is 5.68. The molecule has 0 radical (unpaired) electrons. The minimum atomic E-state index is -0.706. The molecule has 0 aliphatic rings. The molecule has 0 unspecified atom stereocenters. The molecular weight excluding hydrogens is 252 g/mol. The van der Waals surface area contributed by atoms with E-state index in [4.69, 9.17) is 9.84 Å². The van der Waals surface area contributed by atoms with Gasteiger partial charge in [0.05, 0.1) is 6.61 Å². The van der Waals surface area contributed by atoms with E-state index in [0.29, 0.717) is 12.5 Å². The second-order valence-corrected chi connectivity index (χ2v) is 5.65. The zero-order valence-electron chi connectivity index (χ0n) is 12.6. The molecule has 0 saturated carbocycles. The Hall–Kier alpha value is -1.51. The summed E-state index contributed by atoms with van der Waals surface area (Å²) in [5.74, 6) is 0.887. The third-order valence-electron chi connectivity index (χ3n) is 3.12. The Morgan fingerprint density at radius 2 is 1.75 bits per heavy atom. The Kier molecular flexibility index (Phi) is 7.78. The first-order valence-electron chi connectivity index (χ1n) is 7.51. The van der Waals surface area contributed by atoms with Crippen molar-refractivity contribution in [3.8, 4) is 5.75 Å². The highest BCUT2D eigenvalue weighted by Crippen LogP contribution is 2.15. The first-order chi connectivity index (χ1) is 9.58. The second kappa shape index (κ2) is 9.40. The van der Waals surface area contributed by atoms with Crippen LogP contribution in [0.3, 0.4) is 0 Å². The quantitative estimate of drug-likeness (QED) is 0.649. The zero-order valence-corrected chi connectivity index (χ0v) is 12.6. The smallest absolute Gasteiger partial charge is 0.303 e. The number of aliphatic carboxylic acids is 1. The number of carboxylic acid groups (broad SMARTS) is 1. The third-order valence-corrected chi connectivity index (χ3v) is 3.12. The van der Waals surface area contributed by atoms with E-state index in [1.54, 1.807) is 0 Å². The van der Waals surface area contributed by atoms with Crippen molar-refractivity contribution < 1.29 is 14.6 Å². The van der Waals surface area contributed by atoms with E-state index in [1.807, 2.05) is 12.1 Å². The maximum atomic E-state index is 10.3. The summed E-state index contributed by atoms with van der Waals surface area (Å²) in [5.41, 5.74) is 1.35. The van der Waals surface area contributed by atoms with Crippen LogP contribution in [0.25, 0.3) is 0 Å². The van der Waals surface area contributed by atoms with Crippen LogP contribution >= 0.6 is 0 Å². The number of hydrogen-bond donors (Lipinski definition) is 1. The maximum Gasteiger partial charge on any atom is 0.303 e. The van der Waals surface area contributed by atoms with Gasteiger partial charge in [-0.1, -0.05) is 38.8 Å². The van der Waals surface area contributed by atoms with Gasteiger partial charge in [0.25, 0.3) is 0 Å². The van der Waals surface area contributed by atoms with Crippen molar-refractivity contribution >= 4 is 5.97 Å². The molecule has 1 aromatic rings. The van der Waals surface area contributed by atoms with Gasteiger partial charge in [-0.2, -0.15) is 0 Å². The molecule has 0 spiro atoms. The number of rotatable bonds is 10. The molecule has 0 heterocycles. The van der Waals surface area contributed by atoms with Gasteiger partial charge in [0.15, 0.2) is 0 Å². The lowest BCUT2D eigenvalue weighted by Crippen LogP contribution is -1.99. The SMILES string of the molecule is CC(C)Cc1ccc(OCCCCCCC(=O)O)cc1.